The lowest BCUT2D eigenvalue weighted by Crippen LogP contribution is -2.07. The van der Waals surface area contributed by atoms with E-state index in [9.17, 15) is 13.2 Å². The zero-order valence-electron chi connectivity index (χ0n) is 8.28. The molecule has 6 heteroatoms. The number of hydrogen-bond acceptors (Lipinski definition) is 2. The Hall–Kier alpha value is -1.85. The van der Waals surface area contributed by atoms with Gasteiger partial charge in [-0.2, -0.15) is 18.3 Å². The third-order valence-corrected chi connectivity index (χ3v) is 2.02. The molecule has 1 aromatic carbocycles. The molecule has 0 atom stereocenters. The van der Waals surface area contributed by atoms with E-state index in [1.54, 1.807) is 7.05 Å². The van der Waals surface area contributed by atoms with Crippen LogP contribution < -0.4 is 0 Å². The maximum Gasteiger partial charge on any atom is 0.417 e. The third kappa shape index (κ3) is 1.91. The number of rotatable bonds is 1. The largest absolute Gasteiger partial charge is 0.417 e. The van der Waals surface area contributed by atoms with Gasteiger partial charge in [0.1, 0.15) is 0 Å². The second-order valence-electron chi connectivity index (χ2n) is 3.20. The van der Waals surface area contributed by atoms with Gasteiger partial charge in [-0.3, -0.25) is 0 Å². The van der Waals surface area contributed by atoms with Crippen molar-refractivity contribution in [3.8, 4) is 11.4 Å². The van der Waals surface area contributed by atoms with Crippen LogP contribution in [0.15, 0.2) is 24.3 Å². The molecule has 0 N–H and O–H groups in total. The van der Waals surface area contributed by atoms with Crippen LogP contribution in [0.5, 0.6) is 0 Å². The fraction of sp³-hybridized carbons (Fsp3) is 0.200. The van der Waals surface area contributed by atoms with E-state index in [1.165, 1.54) is 22.9 Å². The lowest BCUT2D eigenvalue weighted by molar-refractivity contribution is -0.137. The summed E-state index contributed by atoms with van der Waals surface area (Å²) < 4.78 is 39.2. The summed E-state index contributed by atoms with van der Waals surface area (Å²) in [5.41, 5.74) is -0.776. The number of aryl methyl sites for hydroxylation is 1. The molecule has 0 saturated carbocycles. The molecule has 2 rings (SSSR count). The minimum Gasteiger partial charge on any atom is -0.246 e. The highest BCUT2D eigenvalue weighted by atomic mass is 19.4. The molecular weight excluding hydrogens is 219 g/mol. The van der Waals surface area contributed by atoms with Crippen LogP contribution in [0.25, 0.3) is 11.4 Å². The van der Waals surface area contributed by atoms with Crippen LogP contribution in [0.1, 0.15) is 5.56 Å². The number of halogens is 3. The van der Waals surface area contributed by atoms with Gasteiger partial charge in [0.2, 0.25) is 0 Å². The van der Waals surface area contributed by atoms with Crippen molar-refractivity contribution in [2.24, 2.45) is 7.05 Å². The summed E-state index contributed by atoms with van der Waals surface area (Å²) in [6.07, 6.45) is -1.97. The van der Waals surface area contributed by atoms with Crippen molar-refractivity contribution < 1.29 is 13.2 Å². The first-order valence-corrected chi connectivity index (χ1v) is 4.44. The summed E-state index contributed by atoms with van der Waals surface area (Å²) in [5.74, 6) is 0.0235. The van der Waals surface area contributed by atoms with E-state index in [1.807, 2.05) is 0 Å². The zero-order chi connectivity index (χ0) is 11.8. The van der Waals surface area contributed by atoms with Crippen LogP contribution in [-0.2, 0) is 13.2 Å². The first kappa shape index (κ1) is 10.7. The first-order chi connectivity index (χ1) is 7.48. The van der Waals surface area contributed by atoms with Crippen molar-refractivity contribution in [3.63, 3.8) is 0 Å². The molecule has 1 aromatic heterocycles. The van der Waals surface area contributed by atoms with Crippen molar-refractivity contribution in [1.29, 1.82) is 0 Å². The van der Waals surface area contributed by atoms with Gasteiger partial charge in [-0.25, -0.2) is 9.67 Å². The monoisotopic (exact) mass is 226 g/mol. The second-order valence-corrected chi connectivity index (χ2v) is 3.20. The summed E-state index contributed by atoms with van der Waals surface area (Å²) in [6, 6.07) is 5.19. The standard InChI is InChI=1S/C10H7F3N3/c1-16-6-14-9(15-16)7-4-2-3-5-8(7)10(11,12)13/h2-5H,1H3. The molecule has 0 aliphatic heterocycles. The molecule has 2 aromatic rings. The molecule has 0 aliphatic carbocycles. The fourth-order valence-corrected chi connectivity index (χ4v) is 1.35. The second kappa shape index (κ2) is 3.62. The molecular formula is C10H7F3N3. The van der Waals surface area contributed by atoms with E-state index in [4.69, 9.17) is 0 Å². The topological polar surface area (TPSA) is 30.7 Å². The highest BCUT2D eigenvalue weighted by Gasteiger charge is 2.34. The van der Waals surface area contributed by atoms with Crippen LogP contribution in [-0.4, -0.2) is 14.8 Å². The Kier molecular flexibility index (Phi) is 2.41. The van der Waals surface area contributed by atoms with Gasteiger partial charge < -0.3 is 0 Å². The van der Waals surface area contributed by atoms with Crippen molar-refractivity contribution in [1.82, 2.24) is 14.8 Å². The molecule has 0 unspecified atom stereocenters. The Bertz CT molecular complexity index is 502. The Labute approximate surface area is 89.5 Å². The summed E-state index contributed by atoms with van der Waals surface area (Å²) in [6.45, 7) is 0. The fourth-order valence-electron chi connectivity index (χ4n) is 1.35. The minimum absolute atomic E-state index is 0.0235. The lowest BCUT2D eigenvalue weighted by Gasteiger charge is -2.09. The molecule has 1 heterocycles. The van der Waals surface area contributed by atoms with Gasteiger partial charge in [-0.1, -0.05) is 18.2 Å². The SMILES string of the molecule is Cn1[c]nc(-c2ccccc2C(F)(F)F)n1. The summed E-state index contributed by atoms with van der Waals surface area (Å²) in [4.78, 5) is 3.69. The van der Waals surface area contributed by atoms with Gasteiger partial charge in [0.05, 0.1) is 5.56 Å². The van der Waals surface area contributed by atoms with Crippen molar-refractivity contribution >= 4 is 0 Å². The maximum absolute atomic E-state index is 12.7. The number of alkyl halides is 3. The van der Waals surface area contributed by atoms with Crippen LogP contribution in [0, 0.1) is 6.33 Å². The van der Waals surface area contributed by atoms with Crippen LogP contribution in [0.3, 0.4) is 0 Å². The minimum atomic E-state index is -4.41. The zero-order valence-corrected chi connectivity index (χ0v) is 8.28. The van der Waals surface area contributed by atoms with Crippen LogP contribution in [0.2, 0.25) is 0 Å². The summed E-state index contributed by atoms with van der Waals surface area (Å²) in [5, 5.41) is 3.81. The van der Waals surface area contributed by atoms with E-state index >= 15 is 0 Å². The molecule has 3 nitrogen and oxygen atoms in total. The molecule has 0 spiro atoms. The van der Waals surface area contributed by atoms with Gasteiger partial charge in [-0.05, 0) is 6.07 Å². The number of hydrogen-bond donors (Lipinski definition) is 0. The Morgan fingerprint density at radius 1 is 1.25 bits per heavy atom. The number of aromatic nitrogens is 3. The average Bonchev–Trinajstić information content (AvgIpc) is 2.64. The molecule has 0 aliphatic rings. The van der Waals surface area contributed by atoms with Gasteiger partial charge in [0.15, 0.2) is 12.2 Å². The first-order valence-electron chi connectivity index (χ1n) is 4.44. The van der Waals surface area contributed by atoms with E-state index in [0.717, 1.165) is 6.07 Å². The van der Waals surface area contributed by atoms with Crippen molar-refractivity contribution in [3.05, 3.63) is 36.2 Å². The predicted molar refractivity (Wildman–Crippen MR) is 50.3 cm³/mol. The predicted octanol–water partition coefficient (Wildman–Crippen LogP) is 2.30. The Balaban J connectivity index is 2.57. The molecule has 1 radical (unpaired) electrons. The molecule has 16 heavy (non-hydrogen) atoms. The summed E-state index contributed by atoms with van der Waals surface area (Å²) in [7, 11) is 1.55. The van der Waals surface area contributed by atoms with Gasteiger partial charge in [0.25, 0.3) is 0 Å². The van der Waals surface area contributed by atoms with E-state index < -0.39 is 11.7 Å². The third-order valence-electron chi connectivity index (χ3n) is 2.02. The van der Waals surface area contributed by atoms with E-state index in [-0.39, 0.29) is 11.4 Å². The average molecular weight is 226 g/mol. The number of benzene rings is 1. The summed E-state index contributed by atoms with van der Waals surface area (Å²) >= 11 is 0. The van der Waals surface area contributed by atoms with Crippen molar-refractivity contribution in [2.75, 3.05) is 0 Å². The Morgan fingerprint density at radius 3 is 2.50 bits per heavy atom. The van der Waals surface area contributed by atoms with E-state index in [0.29, 0.717) is 0 Å². The van der Waals surface area contributed by atoms with Gasteiger partial charge >= 0.3 is 6.18 Å². The van der Waals surface area contributed by atoms with Crippen molar-refractivity contribution in [2.45, 2.75) is 6.18 Å². The van der Waals surface area contributed by atoms with Crippen LogP contribution >= 0.6 is 0 Å². The smallest absolute Gasteiger partial charge is 0.246 e. The maximum atomic E-state index is 12.7. The van der Waals surface area contributed by atoms with Crippen LogP contribution in [0.4, 0.5) is 13.2 Å². The number of nitrogens with zero attached hydrogens (tertiary/aromatic N) is 3. The Morgan fingerprint density at radius 2 is 1.94 bits per heavy atom. The van der Waals surface area contributed by atoms with Gasteiger partial charge in [0, 0.05) is 12.6 Å². The molecule has 0 fully saturated rings. The highest BCUT2D eigenvalue weighted by Crippen LogP contribution is 2.35. The lowest BCUT2D eigenvalue weighted by atomic mass is 10.1. The molecule has 0 saturated heterocycles. The molecule has 0 amide bonds. The normalized spacial score (nSPS) is 11.8. The van der Waals surface area contributed by atoms with E-state index in [2.05, 4.69) is 16.4 Å². The molecule has 83 valence electrons. The highest BCUT2D eigenvalue weighted by molar-refractivity contribution is 5.60. The molecule has 0 bridgehead atoms. The van der Waals surface area contributed by atoms with Gasteiger partial charge in [-0.15, -0.1) is 0 Å². The quantitative estimate of drug-likeness (QED) is 0.747.